The van der Waals surface area contributed by atoms with Crippen LogP contribution in [0.15, 0.2) is 17.1 Å². The van der Waals surface area contributed by atoms with Gasteiger partial charge >= 0.3 is 12.3 Å². The first-order valence-corrected chi connectivity index (χ1v) is 11.0. The van der Waals surface area contributed by atoms with Crippen LogP contribution in [0.2, 0.25) is 0 Å². The molecule has 1 fully saturated rings. The lowest BCUT2D eigenvalue weighted by atomic mass is 9.76. The fraction of sp³-hybridized carbons (Fsp3) is 0.600. The van der Waals surface area contributed by atoms with Crippen LogP contribution in [0.5, 0.6) is 11.5 Å². The molecule has 0 spiro atoms. The zero-order valence-electron chi connectivity index (χ0n) is 17.7. The highest BCUT2D eigenvalue weighted by Crippen LogP contribution is 2.54. The molecular weight excluding hydrogens is 450 g/mol. The Labute approximate surface area is 186 Å². The molecule has 0 aliphatic carbocycles. The van der Waals surface area contributed by atoms with Gasteiger partial charge in [-0.3, -0.25) is 19.9 Å². The third kappa shape index (κ3) is 4.38. The number of carbonyl (C=O) groups excluding carboxylic acids is 1. The van der Waals surface area contributed by atoms with Gasteiger partial charge in [-0.15, -0.1) is 20.5 Å². The van der Waals surface area contributed by atoms with Crippen molar-refractivity contribution in [3.05, 3.63) is 27.8 Å². The first-order chi connectivity index (χ1) is 14.9. The molecule has 0 N–H and O–H groups in total. The highest BCUT2D eigenvalue weighted by molar-refractivity contribution is 8.14. The maximum absolute atomic E-state index is 13.9. The fourth-order valence-corrected chi connectivity index (χ4v) is 5.30. The largest absolute Gasteiger partial charge is 0.586 e. The minimum absolute atomic E-state index is 0.00140. The number of non-ortho nitro benzene ring substituents is 1. The Bertz CT molecular complexity index is 995. The second-order valence-electron chi connectivity index (χ2n) is 8.79. The Kier molecular flexibility index (Phi) is 5.56. The Morgan fingerprint density at radius 1 is 1.38 bits per heavy atom. The van der Waals surface area contributed by atoms with Crippen molar-refractivity contribution in [3.8, 4) is 11.5 Å². The second kappa shape index (κ2) is 7.84. The number of halogens is 2. The third-order valence-corrected chi connectivity index (χ3v) is 6.40. The van der Waals surface area contributed by atoms with Crippen molar-refractivity contribution < 1.29 is 37.4 Å². The molecule has 4 rings (SSSR count). The quantitative estimate of drug-likeness (QED) is 0.367. The second-order valence-corrected chi connectivity index (χ2v) is 9.88. The Balaban J connectivity index is 1.80. The van der Waals surface area contributed by atoms with Crippen molar-refractivity contribution in [1.29, 1.82) is 0 Å². The van der Waals surface area contributed by atoms with Gasteiger partial charge in [0.2, 0.25) is 0 Å². The molecule has 0 aromatic heterocycles. The number of nitro groups is 1. The summed E-state index contributed by atoms with van der Waals surface area (Å²) in [7, 11) is 0. The number of aliphatic imine (C=N–C) groups is 1. The molecule has 3 aliphatic heterocycles. The van der Waals surface area contributed by atoms with Crippen LogP contribution in [-0.4, -0.2) is 46.8 Å². The Hall–Kier alpha value is -2.47. The van der Waals surface area contributed by atoms with Gasteiger partial charge in [-0.25, -0.2) is 0 Å². The molecule has 0 bridgehead atoms. The molecule has 1 saturated heterocycles. The zero-order valence-corrected chi connectivity index (χ0v) is 18.5. The number of hydrogen-bond acceptors (Lipinski definition) is 9. The summed E-state index contributed by atoms with van der Waals surface area (Å²) >= 11 is 1.38. The van der Waals surface area contributed by atoms with Gasteiger partial charge in [0.25, 0.3) is 5.69 Å². The van der Waals surface area contributed by atoms with E-state index in [1.807, 2.05) is 0 Å². The smallest absolute Gasteiger partial charge is 0.460 e. The maximum Gasteiger partial charge on any atom is 0.586 e. The first kappa shape index (κ1) is 22.7. The number of rotatable bonds is 4. The number of hydrogen-bond donors (Lipinski definition) is 0. The van der Waals surface area contributed by atoms with Gasteiger partial charge in [0.05, 0.1) is 29.1 Å². The van der Waals surface area contributed by atoms with Crippen LogP contribution in [0.1, 0.15) is 39.2 Å². The SMILES string of the molecule is CC(C)(C)OC(=O)CC1=N[C@@]2(c3cc([N+](=O)[O-])cc4c3OC(F)(F)O4)COCC[C@H]2CS1. The monoisotopic (exact) mass is 472 g/mol. The molecule has 1 aromatic carbocycles. The first-order valence-electron chi connectivity index (χ1n) is 9.98. The van der Waals surface area contributed by atoms with E-state index in [0.717, 1.165) is 6.07 Å². The van der Waals surface area contributed by atoms with Crippen LogP contribution in [-0.2, 0) is 19.8 Å². The summed E-state index contributed by atoms with van der Waals surface area (Å²) < 4.78 is 48.1. The molecule has 0 amide bonds. The lowest BCUT2D eigenvalue weighted by Gasteiger charge is -2.44. The van der Waals surface area contributed by atoms with E-state index >= 15 is 0 Å². The number of alkyl halides is 2. The number of thioether (sulfide) groups is 1. The van der Waals surface area contributed by atoms with E-state index in [2.05, 4.69) is 4.74 Å². The van der Waals surface area contributed by atoms with Gasteiger partial charge in [-0.1, -0.05) is 0 Å². The number of nitro benzene ring substituents is 1. The van der Waals surface area contributed by atoms with Crippen LogP contribution in [0.4, 0.5) is 14.5 Å². The molecule has 9 nitrogen and oxygen atoms in total. The van der Waals surface area contributed by atoms with E-state index in [1.54, 1.807) is 20.8 Å². The molecular formula is C20H22F2N2O7S. The van der Waals surface area contributed by atoms with Gasteiger partial charge in [-0.05, 0) is 27.2 Å². The number of ether oxygens (including phenoxy) is 4. The number of nitrogens with zero attached hydrogens (tertiary/aromatic N) is 2. The Morgan fingerprint density at radius 2 is 2.12 bits per heavy atom. The highest BCUT2D eigenvalue weighted by Gasteiger charge is 2.53. The number of esters is 1. The van der Waals surface area contributed by atoms with Crippen LogP contribution < -0.4 is 9.47 Å². The lowest BCUT2D eigenvalue weighted by Crippen LogP contribution is -2.47. The van der Waals surface area contributed by atoms with Gasteiger partial charge in [0.15, 0.2) is 11.5 Å². The summed E-state index contributed by atoms with van der Waals surface area (Å²) in [5, 5.41) is 11.9. The van der Waals surface area contributed by atoms with Crippen molar-refractivity contribution in [3.63, 3.8) is 0 Å². The number of fused-ring (bicyclic) bond motifs is 2. The van der Waals surface area contributed by atoms with Crippen molar-refractivity contribution in [2.75, 3.05) is 19.0 Å². The zero-order chi connectivity index (χ0) is 23.3. The molecule has 174 valence electrons. The van der Waals surface area contributed by atoms with E-state index in [1.165, 1.54) is 17.8 Å². The van der Waals surface area contributed by atoms with Crippen LogP contribution in [0.3, 0.4) is 0 Å². The van der Waals surface area contributed by atoms with E-state index in [-0.39, 0.29) is 30.3 Å². The average molecular weight is 472 g/mol. The van der Waals surface area contributed by atoms with Gasteiger partial charge in [0, 0.05) is 29.9 Å². The van der Waals surface area contributed by atoms with Crippen molar-refractivity contribution in [1.82, 2.24) is 0 Å². The molecule has 1 aromatic rings. The molecule has 3 heterocycles. The van der Waals surface area contributed by atoms with Crippen LogP contribution >= 0.6 is 11.8 Å². The topological polar surface area (TPSA) is 109 Å². The minimum atomic E-state index is -3.96. The summed E-state index contributed by atoms with van der Waals surface area (Å²) in [5.41, 5.74) is -2.25. The van der Waals surface area contributed by atoms with Crippen LogP contribution in [0, 0.1) is 16.0 Å². The average Bonchev–Trinajstić information content (AvgIpc) is 2.98. The molecule has 32 heavy (non-hydrogen) atoms. The summed E-state index contributed by atoms with van der Waals surface area (Å²) in [6.07, 6.45) is -3.51. The molecule has 0 unspecified atom stereocenters. The molecule has 0 radical (unpaired) electrons. The summed E-state index contributed by atoms with van der Waals surface area (Å²) in [6, 6.07) is 2.08. The standard InChI is InChI=1S/C20H22F2N2O7S/c1-18(2,3)30-16(25)8-15-23-19(10-28-5-4-11(19)9-32-15)13-6-12(24(26)27)7-14-17(13)31-20(21,22)29-14/h6-7,11H,4-5,8-10H2,1-3H3/t11-,19-/m0/s1. The van der Waals surface area contributed by atoms with E-state index in [0.29, 0.717) is 23.8 Å². The fourth-order valence-electron chi connectivity index (χ4n) is 4.02. The number of carbonyl (C=O) groups is 1. The summed E-state index contributed by atoms with van der Waals surface area (Å²) in [4.78, 5) is 27.9. The van der Waals surface area contributed by atoms with Gasteiger partial charge in [-0.2, -0.15) is 0 Å². The molecule has 3 aliphatic rings. The molecule has 2 atom stereocenters. The van der Waals surface area contributed by atoms with Crippen LogP contribution in [0.25, 0.3) is 0 Å². The van der Waals surface area contributed by atoms with Gasteiger partial charge < -0.3 is 18.9 Å². The summed E-state index contributed by atoms with van der Waals surface area (Å²) in [5.74, 6) is -0.861. The Morgan fingerprint density at radius 3 is 2.81 bits per heavy atom. The van der Waals surface area contributed by atoms with Crippen molar-refractivity contribution in [2.24, 2.45) is 10.9 Å². The minimum Gasteiger partial charge on any atom is -0.460 e. The highest BCUT2D eigenvalue weighted by atomic mass is 32.2. The third-order valence-electron chi connectivity index (χ3n) is 5.27. The number of benzene rings is 1. The van der Waals surface area contributed by atoms with E-state index in [9.17, 15) is 23.7 Å². The van der Waals surface area contributed by atoms with Crippen molar-refractivity contribution in [2.45, 2.75) is 51.0 Å². The van der Waals surface area contributed by atoms with E-state index in [4.69, 9.17) is 19.2 Å². The van der Waals surface area contributed by atoms with E-state index < -0.39 is 39.8 Å². The van der Waals surface area contributed by atoms with Gasteiger partial charge in [0.1, 0.15) is 11.1 Å². The van der Waals surface area contributed by atoms with Crippen molar-refractivity contribution >= 4 is 28.5 Å². The normalized spacial score (nSPS) is 26.2. The summed E-state index contributed by atoms with van der Waals surface area (Å²) in [6.45, 7) is 5.68. The predicted molar refractivity (Wildman–Crippen MR) is 110 cm³/mol. The lowest BCUT2D eigenvalue weighted by molar-refractivity contribution is -0.385. The molecule has 12 heteroatoms. The molecule has 0 saturated carbocycles. The predicted octanol–water partition coefficient (Wildman–Crippen LogP) is 4.03. The maximum atomic E-state index is 13.9.